The zero-order chi connectivity index (χ0) is 27.3. The van der Waals surface area contributed by atoms with Gasteiger partial charge in [0.05, 0.1) is 11.0 Å². The highest BCUT2D eigenvalue weighted by Crippen LogP contribution is 2.50. The molecular formula is C39H27NO. The molecule has 8 aromatic rings. The predicted octanol–water partition coefficient (Wildman–Crippen LogP) is 10.7. The standard InChI is InChI=1S/C39H27NO/c1-39(2)33-21-24(25-16-19-32-31-11-5-8-14-37(31)41-38(32)22-25)15-18-27(33)28-20-17-26(23-34(28)39)40-35-12-6-3-9-29(35)30-10-4-7-13-36(30)40/h3-23H,1-2H3. The lowest BCUT2D eigenvalue weighted by Gasteiger charge is -2.23. The molecular weight excluding hydrogens is 498 g/mol. The van der Waals surface area contributed by atoms with E-state index in [9.17, 15) is 0 Å². The number of hydrogen-bond acceptors (Lipinski definition) is 1. The van der Waals surface area contributed by atoms with Crippen LogP contribution < -0.4 is 0 Å². The maximum atomic E-state index is 6.21. The van der Waals surface area contributed by atoms with Gasteiger partial charge in [-0.1, -0.05) is 92.7 Å². The molecule has 2 aromatic heterocycles. The molecule has 41 heavy (non-hydrogen) atoms. The largest absolute Gasteiger partial charge is 0.456 e. The number of rotatable bonds is 2. The van der Waals surface area contributed by atoms with Crippen LogP contribution in [0.4, 0.5) is 0 Å². The molecule has 1 aliphatic rings. The minimum atomic E-state index is -0.126. The van der Waals surface area contributed by atoms with Crippen molar-refractivity contribution in [3.63, 3.8) is 0 Å². The van der Waals surface area contributed by atoms with E-state index in [1.54, 1.807) is 0 Å². The first-order valence-electron chi connectivity index (χ1n) is 14.3. The zero-order valence-corrected chi connectivity index (χ0v) is 23.0. The lowest BCUT2D eigenvalue weighted by molar-refractivity contribution is 0.660. The Labute approximate surface area is 238 Å². The van der Waals surface area contributed by atoms with Gasteiger partial charge in [-0.2, -0.15) is 0 Å². The number of aromatic nitrogens is 1. The van der Waals surface area contributed by atoms with Gasteiger partial charge in [-0.15, -0.1) is 0 Å². The Bertz CT molecular complexity index is 2290. The van der Waals surface area contributed by atoms with Crippen LogP contribution in [0.3, 0.4) is 0 Å². The van der Waals surface area contributed by atoms with Crippen molar-refractivity contribution < 1.29 is 4.42 Å². The molecule has 6 aromatic carbocycles. The third kappa shape index (κ3) is 3.08. The highest BCUT2D eigenvalue weighted by molar-refractivity contribution is 6.09. The Hall–Kier alpha value is -5.08. The van der Waals surface area contributed by atoms with Gasteiger partial charge < -0.3 is 8.98 Å². The molecule has 0 atom stereocenters. The maximum absolute atomic E-state index is 6.21. The number of fused-ring (bicyclic) bond motifs is 9. The molecule has 0 fully saturated rings. The average Bonchev–Trinajstić information content (AvgIpc) is 3.62. The smallest absolute Gasteiger partial charge is 0.136 e. The normalized spacial score (nSPS) is 13.8. The molecule has 0 spiro atoms. The Morgan fingerprint density at radius 2 is 1.05 bits per heavy atom. The molecule has 0 N–H and O–H groups in total. The fourth-order valence-electron chi connectivity index (χ4n) is 7.15. The summed E-state index contributed by atoms with van der Waals surface area (Å²) in [6.07, 6.45) is 0. The molecule has 2 heteroatoms. The fourth-order valence-corrected chi connectivity index (χ4v) is 7.15. The Morgan fingerprint density at radius 3 is 1.80 bits per heavy atom. The number of nitrogens with zero attached hydrogens (tertiary/aromatic N) is 1. The number of para-hydroxylation sites is 3. The molecule has 194 valence electrons. The van der Waals surface area contributed by atoms with Crippen molar-refractivity contribution in [1.82, 2.24) is 4.57 Å². The summed E-state index contributed by atoms with van der Waals surface area (Å²) >= 11 is 0. The monoisotopic (exact) mass is 525 g/mol. The van der Waals surface area contributed by atoms with Crippen molar-refractivity contribution in [2.24, 2.45) is 0 Å². The Morgan fingerprint density at radius 1 is 0.488 bits per heavy atom. The second-order valence-electron chi connectivity index (χ2n) is 11.8. The van der Waals surface area contributed by atoms with Crippen LogP contribution in [0.1, 0.15) is 25.0 Å². The van der Waals surface area contributed by atoms with E-state index in [0.29, 0.717) is 0 Å². The van der Waals surface area contributed by atoms with Crippen LogP contribution in [0.5, 0.6) is 0 Å². The number of hydrogen-bond donors (Lipinski definition) is 0. The molecule has 0 unspecified atom stereocenters. The minimum Gasteiger partial charge on any atom is -0.456 e. The van der Waals surface area contributed by atoms with E-state index in [0.717, 1.165) is 16.6 Å². The van der Waals surface area contributed by atoms with E-state index in [4.69, 9.17) is 4.42 Å². The fraction of sp³-hybridized carbons (Fsp3) is 0.0769. The maximum Gasteiger partial charge on any atom is 0.136 e. The summed E-state index contributed by atoms with van der Waals surface area (Å²) < 4.78 is 8.62. The van der Waals surface area contributed by atoms with Gasteiger partial charge in [0.25, 0.3) is 0 Å². The van der Waals surface area contributed by atoms with Crippen LogP contribution in [0.25, 0.3) is 71.7 Å². The van der Waals surface area contributed by atoms with Crippen molar-refractivity contribution in [2.45, 2.75) is 19.3 Å². The van der Waals surface area contributed by atoms with Crippen LogP contribution in [0.2, 0.25) is 0 Å². The Kier molecular flexibility index (Phi) is 4.42. The highest BCUT2D eigenvalue weighted by Gasteiger charge is 2.36. The first-order chi connectivity index (χ1) is 20.1. The first-order valence-corrected chi connectivity index (χ1v) is 14.3. The molecule has 1 aliphatic carbocycles. The summed E-state index contributed by atoms with van der Waals surface area (Å²) in [7, 11) is 0. The minimum absolute atomic E-state index is 0.126. The van der Waals surface area contributed by atoms with E-state index < -0.39 is 0 Å². The number of benzene rings is 6. The summed E-state index contributed by atoms with van der Waals surface area (Å²) in [5.41, 5.74) is 13.2. The SMILES string of the molecule is CC1(C)c2cc(-c3ccc4c(c3)oc3ccccc34)ccc2-c2ccc(-n3c4ccccc4c4ccccc43)cc21. The summed E-state index contributed by atoms with van der Waals surface area (Å²) in [5, 5.41) is 4.91. The molecule has 0 bridgehead atoms. The molecule has 0 saturated carbocycles. The van der Waals surface area contributed by atoms with Crippen LogP contribution in [-0.4, -0.2) is 4.57 Å². The summed E-state index contributed by atoms with van der Waals surface area (Å²) in [6.45, 7) is 4.72. The lowest BCUT2D eigenvalue weighted by atomic mass is 9.81. The van der Waals surface area contributed by atoms with Crippen molar-refractivity contribution in [2.75, 3.05) is 0 Å². The van der Waals surface area contributed by atoms with Gasteiger partial charge in [0.1, 0.15) is 11.2 Å². The van der Waals surface area contributed by atoms with Crippen LogP contribution in [0.15, 0.2) is 132 Å². The third-order valence-corrected chi connectivity index (χ3v) is 9.21. The van der Waals surface area contributed by atoms with E-state index in [1.807, 2.05) is 12.1 Å². The summed E-state index contributed by atoms with van der Waals surface area (Å²) in [5.74, 6) is 0. The molecule has 2 heterocycles. The van der Waals surface area contributed by atoms with Gasteiger partial charge in [-0.05, 0) is 81.9 Å². The molecule has 2 nitrogen and oxygen atoms in total. The van der Waals surface area contributed by atoms with E-state index in [-0.39, 0.29) is 5.41 Å². The summed E-state index contributed by atoms with van der Waals surface area (Å²) in [4.78, 5) is 0. The van der Waals surface area contributed by atoms with Gasteiger partial charge in [0.15, 0.2) is 0 Å². The zero-order valence-electron chi connectivity index (χ0n) is 23.0. The van der Waals surface area contributed by atoms with Gasteiger partial charge in [-0.25, -0.2) is 0 Å². The summed E-state index contributed by atoms with van der Waals surface area (Å²) in [6, 6.07) is 46.3. The predicted molar refractivity (Wildman–Crippen MR) is 171 cm³/mol. The average molecular weight is 526 g/mol. The van der Waals surface area contributed by atoms with Crippen molar-refractivity contribution >= 4 is 43.7 Å². The second-order valence-corrected chi connectivity index (χ2v) is 11.8. The van der Waals surface area contributed by atoms with Gasteiger partial charge in [0, 0.05) is 32.6 Å². The van der Waals surface area contributed by atoms with E-state index in [1.165, 1.54) is 66.3 Å². The number of furan rings is 1. The van der Waals surface area contributed by atoms with E-state index >= 15 is 0 Å². The van der Waals surface area contributed by atoms with Crippen LogP contribution in [0, 0.1) is 0 Å². The second kappa shape index (κ2) is 7.99. The molecule has 0 saturated heterocycles. The van der Waals surface area contributed by atoms with Gasteiger partial charge in [-0.3, -0.25) is 0 Å². The van der Waals surface area contributed by atoms with Gasteiger partial charge in [0.2, 0.25) is 0 Å². The lowest BCUT2D eigenvalue weighted by Crippen LogP contribution is -2.15. The first kappa shape index (κ1) is 22.7. The molecule has 9 rings (SSSR count). The highest BCUT2D eigenvalue weighted by atomic mass is 16.3. The third-order valence-electron chi connectivity index (χ3n) is 9.21. The molecule has 0 aliphatic heterocycles. The quantitative estimate of drug-likeness (QED) is 0.219. The topological polar surface area (TPSA) is 18.1 Å². The Balaban J connectivity index is 1.18. The van der Waals surface area contributed by atoms with Crippen molar-refractivity contribution in [3.05, 3.63) is 139 Å². The van der Waals surface area contributed by atoms with E-state index in [2.05, 4.69) is 134 Å². The molecule has 0 radical (unpaired) electrons. The van der Waals surface area contributed by atoms with Gasteiger partial charge >= 0.3 is 0 Å². The van der Waals surface area contributed by atoms with Crippen LogP contribution >= 0.6 is 0 Å². The van der Waals surface area contributed by atoms with Crippen molar-refractivity contribution in [1.29, 1.82) is 0 Å². The molecule has 0 amide bonds. The van der Waals surface area contributed by atoms with Crippen LogP contribution in [-0.2, 0) is 5.41 Å². The van der Waals surface area contributed by atoms with Crippen molar-refractivity contribution in [3.8, 4) is 27.9 Å².